The van der Waals surface area contributed by atoms with Gasteiger partial charge in [-0.05, 0) is 30.9 Å². The highest BCUT2D eigenvalue weighted by molar-refractivity contribution is 5.43. The summed E-state index contributed by atoms with van der Waals surface area (Å²) in [5, 5.41) is 9.23. The molecule has 1 rings (SSSR count). The molecule has 20 heavy (non-hydrogen) atoms. The van der Waals surface area contributed by atoms with E-state index in [2.05, 4.69) is 18.8 Å². The second-order valence-electron chi connectivity index (χ2n) is 6.76. The molecule has 0 aliphatic carbocycles. The van der Waals surface area contributed by atoms with Gasteiger partial charge in [0.05, 0.1) is 0 Å². The molecule has 0 aliphatic heterocycles. The van der Waals surface area contributed by atoms with E-state index in [1.54, 1.807) is 0 Å². The van der Waals surface area contributed by atoms with Gasteiger partial charge < -0.3 is 4.98 Å². The van der Waals surface area contributed by atoms with Crippen LogP contribution < -0.4 is 5.56 Å². The minimum Gasteiger partial charge on any atom is -0.324 e. The molecule has 0 atom stereocenters. The average molecular weight is 272 g/mol. The Morgan fingerprint density at radius 3 is 2.25 bits per heavy atom. The summed E-state index contributed by atoms with van der Waals surface area (Å²) in [6.45, 7) is 14.2. The summed E-state index contributed by atoms with van der Waals surface area (Å²) < 4.78 is 0. The Labute approximate surface area is 121 Å². The van der Waals surface area contributed by atoms with E-state index in [1.807, 2.05) is 52.8 Å². The average Bonchev–Trinajstić information content (AvgIpc) is 2.35. The summed E-state index contributed by atoms with van der Waals surface area (Å²) in [5.74, 6) is 0. The first-order valence-electron chi connectivity index (χ1n) is 6.87. The lowest BCUT2D eigenvalue weighted by molar-refractivity contribution is 0.564. The van der Waals surface area contributed by atoms with Gasteiger partial charge >= 0.3 is 0 Å². The zero-order valence-corrected chi connectivity index (χ0v) is 13.5. The standard InChI is InChI=1S/C17H24N2O/c1-8-11(2)17(6,7)14-9-13(16(3,4)5)12(10-18)15(20)19-14/h8-9H,1-7H3,(H,19,20)/b11-8-. The molecule has 0 spiro atoms. The van der Waals surface area contributed by atoms with Crippen LogP contribution in [0.25, 0.3) is 0 Å². The van der Waals surface area contributed by atoms with Gasteiger partial charge in [-0.1, -0.05) is 46.3 Å². The topological polar surface area (TPSA) is 56.6 Å². The summed E-state index contributed by atoms with van der Waals surface area (Å²) in [6.07, 6.45) is 2.05. The third-order valence-electron chi connectivity index (χ3n) is 4.05. The Hall–Kier alpha value is -1.82. The van der Waals surface area contributed by atoms with Crippen LogP contribution in [0.2, 0.25) is 0 Å². The number of hydrogen-bond donors (Lipinski definition) is 1. The van der Waals surface area contributed by atoms with E-state index in [1.165, 1.54) is 5.57 Å². The largest absolute Gasteiger partial charge is 0.324 e. The van der Waals surface area contributed by atoms with Crippen molar-refractivity contribution in [3.63, 3.8) is 0 Å². The Bertz CT molecular complexity index is 634. The maximum atomic E-state index is 12.2. The van der Waals surface area contributed by atoms with Gasteiger partial charge in [-0.25, -0.2) is 0 Å². The Kier molecular flexibility index (Phi) is 4.29. The molecule has 0 amide bonds. The number of aromatic nitrogens is 1. The number of H-pyrrole nitrogens is 1. The van der Waals surface area contributed by atoms with Crippen LogP contribution in [0.4, 0.5) is 0 Å². The number of nitrogens with zero attached hydrogens (tertiary/aromatic N) is 1. The maximum absolute atomic E-state index is 12.2. The fourth-order valence-corrected chi connectivity index (χ4v) is 2.17. The van der Waals surface area contributed by atoms with Crippen molar-refractivity contribution >= 4 is 0 Å². The number of pyridine rings is 1. The zero-order valence-electron chi connectivity index (χ0n) is 13.5. The monoisotopic (exact) mass is 272 g/mol. The van der Waals surface area contributed by atoms with Gasteiger partial charge in [-0.3, -0.25) is 4.79 Å². The number of rotatable bonds is 2. The van der Waals surface area contributed by atoms with Crippen molar-refractivity contribution < 1.29 is 0 Å². The number of allylic oxidation sites excluding steroid dienone is 2. The normalized spacial score (nSPS) is 13.2. The van der Waals surface area contributed by atoms with Crippen LogP contribution in [0.15, 0.2) is 22.5 Å². The number of hydrogen-bond acceptors (Lipinski definition) is 2. The molecular weight excluding hydrogens is 248 g/mol. The van der Waals surface area contributed by atoms with Crippen LogP contribution in [0, 0.1) is 11.3 Å². The molecule has 1 aromatic rings. The van der Waals surface area contributed by atoms with Crippen molar-refractivity contribution in [3.8, 4) is 6.07 Å². The molecule has 0 radical (unpaired) electrons. The number of nitrogens with one attached hydrogen (secondary N) is 1. The van der Waals surface area contributed by atoms with Gasteiger partial charge in [-0.2, -0.15) is 5.26 Å². The first-order valence-corrected chi connectivity index (χ1v) is 6.87. The summed E-state index contributed by atoms with van der Waals surface area (Å²) in [4.78, 5) is 15.1. The number of nitriles is 1. The first-order chi connectivity index (χ1) is 9.05. The van der Waals surface area contributed by atoms with E-state index in [0.29, 0.717) is 0 Å². The molecule has 0 saturated heterocycles. The quantitative estimate of drug-likeness (QED) is 0.833. The molecule has 0 aromatic carbocycles. The molecule has 0 saturated carbocycles. The fourth-order valence-electron chi connectivity index (χ4n) is 2.17. The predicted molar refractivity (Wildman–Crippen MR) is 82.9 cm³/mol. The van der Waals surface area contributed by atoms with Crippen molar-refractivity contribution in [2.45, 2.75) is 59.3 Å². The second-order valence-corrected chi connectivity index (χ2v) is 6.76. The maximum Gasteiger partial charge on any atom is 0.266 e. The van der Waals surface area contributed by atoms with Gasteiger partial charge in [0.25, 0.3) is 5.56 Å². The molecular formula is C17H24N2O. The van der Waals surface area contributed by atoms with Crippen molar-refractivity contribution in [1.29, 1.82) is 5.26 Å². The molecule has 1 aromatic heterocycles. The third kappa shape index (κ3) is 2.85. The van der Waals surface area contributed by atoms with Gasteiger partial charge in [0.2, 0.25) is 0 Å². The van der Waals surface area contributed by atoms with Crippen LogP contribution in [0.5, 0.6) is 0 Å². The SMILES string of the molecule is C/C=C(/C)C(C)(C)c1cc(C(C)(C)C)c(C#N)c(=O)[nH]1. The molecule has 3 heteroatoms. The first kappa shape index (κ1) is 16.2. The van der Waals surface area contributed by atoms with Crippen molar-refractivity contribution in [1.82, 2.24) is 4.98 Å². The highest BCUT2D eigenvalue weighted by atomic mass is 16.1. The molecule has 1 heterocycles. The van der Waals surface area contributed by atoms with Crippen LogP contribution in [-0.2, 0) is 10.8 Å². The van der Waals surface area contributed by atoms with Gasteiger partial charge in [-0.15, -0.1) is 0 Å². The fraction of sp³-hybridized carbons (Fsp3) is 0.529. The van der Waals surface area contributed by atoms with Crippen LogP contribution in [-0.4, -0.2) is 4.98 Å². The Morgan fingerprint density at radius 1 is 1.30 bits per heavy atom. The highest BCUT2D eigenvalue weighted by Gasteiger charge is 2.28. The second kappa shape index (κ2) is 5.28. The minimum atomic E-state index is -0.299. The molecule has 0 unspecified atom stereocenters. The van der Waals surface area contributed by atoms with Crippen LogP contribution >= 0.6 is 0 Å². The van der Waals surface area contributed by atoms with E-state index < -0.39 is 0 Å². The minimum absolute atomic E-state index is 0.218. The zero-order chi connectivity index (χ0) is 15.7. The Morgan fingerprint density at radius 2 is 1.85 bits per heavy atom. The predicted octanol–water partition coefficient (Wildman–Crippen LogP) is 3.79. The molecule has 0 fully saturated rings. The molecule has 108 valence electrons. The van der Waals surface area contributed by atoms with Crippen LogP contribution in [0.3, 0.4) is 0 Å². The lowest BCUT2D eigenvalue weighted by Crippen LogP contribution is -2.29. The summed E-state index contributed by atoms with van der Waals surface area (Å²) >= 11 is 0. The van der Waals surface area contributed by atoms with E-state index in [4.69, 9.17) is 0 Å². The lowest BCUT2D eigenvalue weighted by atomic mass is 9.77. The van der Waals surface area contributed by atoms with Gasteiger partial charge in [0.1, 0.15) is 11.6 Å². The molecule has 1 N–H and O–H groups in total. The molecule has 0 aliphatic rings. The highest BCUT2D eigenvalue weighted by Crippen LogP contribution is 2.32. The summed E-state index contributed by atoms with van der Waals surface area (Å²) in [7, 11) is 0. The molecule has 3 nitrogen and oxygen atoms in total. The third-order valence-corrected chi connectivity index (χ3v) is 4.05. The Balaban J connectivity index is 3.68. The van der Waals surface area contributed by atoms with Crippen molar-refractivity contribution in [2.24, 2.45) is 0 Å². The van der Waals surface area contributed by atoms with Crippen molar-refractivity contribution in [3.05, 3.63) is 44.9 Å². The van der Waals surface area contributed by atoms with Crippen molar-refractivity contribution in [2.75, 3.05) is 0 Å². The van der Waals surface area contributed by atoms with E-state index in [0.717, 1.165) is 11.3 Å². The lowest BCUT2D eigenvalue weighted by Gasteiger charge is -2.29. The van der Waals surface area contributed by atoms with E-state index in [-0.39, 0.29) is 22.0 Å². The van der Waals surface area contributed by atoms with Gasteiger partial charge in [0.15, 0.2) is 0 Å². The van der Waals surface area contributed by atoms with Crippen LogP contribution in [0.1, 0.15) is 65.3 Å². The molecule has 0 bridgehead atoms. The summed E-state index contributed by atoms with van der Waals surface area (Å²) in [5.41, 5.74) is 2.24. The van der Waals surface area contributed by atoms with Gasteiger partial charge in [0, 0.05) is 11.1 Å². The number of aromatic amines is 1. The smallest absolute Gasteiger partial charge is 0.266 e. The summed E-state index contributed by atoms with van der Waals surface area (Å²) in [6, 6.07) is 4.00. The van der Waals surface area contributed by atoms with E-state index in [9.17, 15) is 10.1 Å². The van der Waals surface area contributed by atoms with E-state index >= 15 is 0 Å².